The van der Waals surface area contributed by atoms with E-state index in [-0.39, 0.29) is 11.1 Å². The standard InChI is InChI=1S/C17H13N3O2/c18-10-12(11-19)7-14-8-13-3-4-15(20-5-1-2-6-20)9-16(13)22-17(14)21/h3-4,7-9H,1-2,5-6H2. The minimum absolute atomic E-state index is 0.125. The van der Waals surface area contributed by atoms with E-state index >= 15 is 0 Å². The molecule has 108 valence electrons. The van der Waals surface area contributed by atoms with Crippen LogP contribution in [-0.4, -0.2) is 13.1 Å². The van der Waals surface area contributed by atoms with E-state index in [0.717, 1.165) is 24.2 Å². The van der Waals surface area contributed by atoms with Crippen LogP contribution in [-0.2, 0) is 0 Å². The van der Waals surface area contributed by atoms with E-state index in [0.29, 0.717) is 5.58 Å². The third-order valence-corrected chi connectivity index (χ3v) is 3.76. The SMILES string of the molecule is N#CC(C#N)=Cc1cc2ccc(N3CCCC3)cc2oc1=O. The van der Waals surface area contributed by atoms with Gasteiger partial charge in [0.1, 0.15) is 23.3 Å². The first-order valence-electron chi connectivity index (χ1n) is 7.06. The molecule has 1 aromatic carbocycles. The van der Waals surface area contributed by atoms with Gasteiger partial charge in [0, 0.05) is 30.2 Å². The molecule has 0 N–H and O–H groups in total. The van der Waals surface area contributed by atoms with Gasteiger partial charge in [-0.05, 0) is 37.1 Å². The highest BCUT2D eigenvalue weighted by Crippen LogP contribution is 2.25. The van der Waals surface area contributed by atoms with E-state index in [1.807, 2.05) is 18.2 Å². The van der Waals surface area contributed by atoms with E-state index in [1.54, 1.807) is 18.2 Å². The Morgan fingerprint density at radius 2 is 1.91 bits per heavy atom. The molecule has 5 nitrogen and oxygen atoms in total. The Hall–Kier alpha value is -3.05. The number of anilines is 1. The zero-order valence-electron chi connectivity index (χ0n) is 11.9. The maximum absolute atomic E-state index is 12.0. The van der Waals surface area contributed by atoms with Crippen LogP contribution in [0.15, 0.2) is 39.1 Å². The average molecular weight is 291 g/mol. The molecule has 1 aliphatic rings. The molecule has 1 fully saturated rings. The molecule has 0 bridgehead atoms. The van der Waals surface area contributed by atoms with Crippen LogP contribution in [0, 0.1) is 22.7 Å². The molecule has 0 spiro atoms. The maximum Gasteiger partial charge on any atom is 0.343 e. The first kappa shape index (κ1) is 13.9. The number of hydrogen-bond donors (Lipinski definition) is 0. The summed E-state index contributed by atoms with van der Waals surface area (Å²) in [6, 6.07) is 10.9. The number of hydrogen-bond acceptors (Lipinski definition) is 5. The molecule has 0 amide bonds. The predicted molar refractivity (Wildman–Crippen MR) is 83.1 cm³/mol. The van der Waals surface area contributed by atoms with Gasteiger partial charge < -0.3 is 9.32 Å². The minimum atomic E-state index is -0.547. The van der Waals surface area contributed by atoms with Gasteiger partial charge in [-0.25, -0.2) is 4.79 Å². The topological polar surface area (TPSA) is 81.0 Å². The molecular weight excluding hydrogens is 278 g/mol. The third kappa shape index (κ3) is 2.57. The number of nitrogens with zero attached hydrogens (tertiary/aromatic N) is 3. The van der Waals surface area contributed by atoms with Crippen molar-refractivity contribution < 1.29 is 4.42 Å². The van der Waals surface area contributed by atoms with Crippen LogP contribution in [0.1, 0.15) is 18.4 Å². The van der Waals surface area contributed by atoms with Crippen molar-refractivity contribution in [3.05, 3.63) is 45.8 Å². The summed E-state index contributed by atoms with van der Waals surface area (Å²) in [4.78, 5) is 14.3. The zero-order chi connectivity index (χ0) is 15.5. The van der Waals surface area contributed by atoms with Crippen LogP contribution in [0.25, 0.3) is 17.0 Å². The largest absolute Gasteiger partial charge is 0.422 e. The van der Waals surface area contributed by atoms with Crippen molar-refractivity contribution >= 4 is 22.7 Å². The summed E-state index contributed by atoms with van der Waals surface area (Å²) in [6.45, 7) is 2.04. The second kappa shape index (κ2) is 5.75. The fourth-order valence-electron chi connectivity index (χ4n) is 2.63. The minimum Gasteiger partial charge on any atom is -0.422 e. The molecule has 0 radical (unpaired) electrons. The lowest BCUT2D eigenvalue weighted by atomic mass is 10.1. The lowest BCUT2D eigenvalue weighted by Gasteiger charge is -2.17. The summed E-state index contributed by atoms with van der Waals surface area (Å²) in [6.07, 6.45) is 3.60. The van der Waals surface area contributed by atoms with Gasteiger partial charge in [-0.15, -0.1) is 0 Å². The smallest absolute Gasteiger partial charge is 0.343 e. The Morgan fingerprint density at radius 3 is 2.59 bits per heavy atom. The van der Waals surface area contributed by atoms with Crippen LogP contribution >= 0.6 is 0 Å². The molecule has 1 saturated heterocycles. The lowest BCUT2D eigenvalue weighted by Crippen LogP contribution is -2.17. The highest BCUT2D eigenvalue weighted by Gasteiger charge is 2.13. The van der Waals surface area contributed by atoms with Crippen LogP contribution in [0.5, 0.6) is 0 Å². The van der Waals surface area contributed by atoms with Crippen molar-refractivity contribution in [1.29, 1.82) is 10.5 Å². The Labute approximate surface area is 127 Å². The van der Waals surface area contributed by atoms with E-state index in [4.69, 9.17) is 14.9 Å². The molecule has 2 heterocycles. The highest BCUT2D eigenvalue weighted by atomic mass is 16.4. The number of rotatable bonds is 2. The monoisotopic (exact) mass is 291 g/mol. The Balaban J connectivity index is 2.07. The van der Waals surface area contributed by atoms with Crippen molar-refractivity contribution in [3.63, 3.8) is 0 Å². The van der Waals surface area contributed by atoms with Crippen molar-refractivity contribution in [2.75, 3.05) is 18.0 Å². The summed E-state index contributed by atoms with van der Waals surface area (Å²) in [5.74, 6) is 0. The maximum atomic E-state index is 12.0. The average Bonchev–Trinajstić information content (AvgIpc) is 3.06. The summed E-state index contributed by atoms with van der Waals surface area (Å²) in [5.41, 5.74) is 1.10. The number of nitriles is 2. The fourth-order valence-corrected chi connectivity index (χ4v) is 2.63. The first-order valence-corrected chi connectivity index (χ1v) is 7.06. The van der Waals surface area contributed by atoms with Gasteiger partial charge in [-0.3, -0.25) is 0 Å². The van der Waals surface area contributed by atoms with E-state index in [9.17, 15) is 4.79 Å². The van der Waals surface area contributed by atoms with Gasteiger partial charge >= 0.3 is 5.63 Å². The lowest BCUT2D eigenvalue weighted by molar-refractivity contribution is 0.559. The van der Waals surface area contributed by atoms with Gasteiger partial charge in [0.25, 0.3) is 0 Å². The molecule has 22 heavy (non-hydrogen) atoms. The van der Waals surface area contributed by atoms with Crippen molar-refractivity contribution in [2.24, 2.45) is 0 Å². The molecular formula is C17H13N3O2. The first-order chi connectivity index (χ1) is 10.7. The summed E-state index contributed by atoms with van der Waals surface area (Å²) in [5, 5.41) is 18.3. The van der Waals surface area contributed by atoms with Gasteiger partial charge in [-0.2, -0.15) is 10.5 Å². The van der Waals surface area contributed by atoms with Crippen LogP contribution < -0.4 is 10.5 Å². The highest BCUT2D eigenvalue weighted by molar-refractivity contribution is 5.83. The van der Waals surface area contributed by atoms with E-state index < -0.39 is 5.63 Å². The molecule has 0 aliphatic carbocycles. The van der Waals surface area contributed by atoms with Gasteiger partial charge in [0.05, 0.1) is 5.56 Å². The molecule has 0 saturated carbocycles. The molecule has 3 rings (SSSR count). The number of benzene rings is 1. The van der Waals surface area contributed by atoms with Crippen molar-refractivity contribution in [3.8, 4) is 12.1 Å². The van der Waals surface area contributed by atoms with Crippen LogP contribution in [0.3, 0.4) is 0 Å². The zero-order valence-corrected chi connectivity index (χ0v) is 11.9. The van der Waals surface area contributed by atoms with Crippen molar-refractivity contribution in [1.82, 2.24) is 0 Å². The number of fused-ring (bicyclic) bond motifs is 1. The number of allylic oxidation sites excluding steroid dienone is 1. The Bertz CT molecular complexity index is 875. The summed E-state index contributed by atoms with van der Waals surface area (Å²) in [7, 11) is 0. The Morgan fingerprint density at radius 1 is 1.18 bits per heavy atom. The third-order valence-electron chi connectivity index (χ3n) is 3.76. The van der Waals surface area contributed by atoms with Crippen LogP contribution in [0.2, 0.25) is 0 Å². The van der Waals surface area contributed by atoms with Gasteiger partial charge in [0.2, 0.25) is 0 Å². The molecule has 0 unspecified atom stereocenters. The van der Waals surface area contributed by atoms with Gasteiger partial charge in [-0.1, -0.05) is 0 Å². The summed E-state index contributed by atoms with van der Waals surface area (Å²) < 4.78 is 5.34. The van der Waals surface area contributed by atoms with E-state index in [1.165, 1.54) is 18.9 Å². The molecule has 0 atom stereocenters. The van der Waals surface area contributed by atoms with E-state index in [2.05, 4.69) is 4.90 Å². The second-order valence-corrected chi connectivity index (χ2v) is 5.19. The van der Waals surface area contributed by atoms with Crippen LogP contribution in [0.4, 0.5) is 5.69 Å². The normalized spacial score (nSPS) is 13.6. The molecule has 5 heteroatoms. The van der Waals surface area contributed by atoms with Crippen molar-refractivity contribution in [2.45, 2.75) is 12.8 Å². The van der Waals surface area contributed by atoms with Gasteiger partial charge in [0.15, 0.2) is 0 Å². The quantitative estimate of drug-likeness (QED) is 0.627. The molecule has 1 aromatic heterocycles. The predicted octanol–water partition coefficient (Wildman–Crippen LogP) is 2.82. The fraction of sp³-hybridized carbons (Fsp3) is 0.235. The second-order valence-electron chi connectivity index (χ2n) is 5.19. The summed E-state index contributed by atoms with van der Waals surface area (Å²) >= 11 is 0. The molecule has 1 aliphatic heterocycles. The molecule has 2 aromatic rings. The Kier molecular flexibility index (Phi) is 3.64.